The van der Waals surface area contributed by atoms with Crippen LogP contribution in [0.1, 0.15) is 38.0 Å². The van der Waals surface area contributed by atoms with Gasteiger partial charge in [0.25, 0.3) is 0 Å². The fourth-order valence-corrected chi connectivity index (χ4v) is 2.18. The number of nitrogens with zero attached hydrogens (tertiary/aromatic N) is 2. The summed E-state index contributed by atoms with van der Waals surface area (Å²) in [6.07, 6.45) is 3.65. The van der Waals surface area contributed by atoms with Crippen LogP contribution in [0.15, 0.2) is 18.3 Å². The van der Waals surface area contributed by atoms with E-state index in [9.17, 15) is 10.2 Å². The van der Waals surface area contributed by atoms with Crippen molar-refractivity contribution in [3.8, 4) is 0 Å². The lowest BCUT2D eigenvalue weighted by atomic mass is 10.1. The Labute approximate surface area is 102 Å². The van der Waals surface area contributed by atoms with Crippen molar-refractivity contribution in [1.82, 2.24) is 4.98 Å². The number of anilines is 1. The summed E-state index contributed by atoms with van der Waals surface area (Å²) in [5.74, 6) is 0. The third kappa shape index (κ3) is 2.96. The molecule has 2 rings (SSSR count). The molecule has 1 aliphatic heterocycles. The van der Waals surface area contributed by atoms with E-state index >= 15 is 0 Å². The maximum absolute atomic E-state index is 9.66. The Bertz CT molecular complexity index is 353. The monoisotopic (exact) mass is 236 g/mol. The quantitative estimate of drug-likeness (QED) is 0.834. The van der Waals surface area contributed by atoms with Crippen molar-refractivity contribution in [3.63, 3.8) is 0 Å². The second kappa shape index (κ2) is 5.47. The zero-order valence-corrected chi connectivity index (χ0v) is 10.2. The number of hydrogen-bond donors (Lipinski definition) is 2. The second-order valence-corrected chi connectivity index (χ2v) is 4.61. The summed E-state index contributed by atoms with van der Waals surface area (Å²) in [5, 5.41) is 19.3. The Hall–Kier alpha value is -1.13. The van der Waals surface area contributed by atoms with Gasteiger partial charge in [0, 0.05) is 13.1 Å². The standard InChI is InChI=1S/C13H20N2O2/c1-2-13(17)12-6-5-10(8-14-12)15-7-3-4-11(16)9-15/h5-6,8,11,13,16-17H,2-4,7,9H2,1H3. The fraction of sp³-hybridized carbons (Fsp3) is 0.615. The summed E-state index contributed by atoms with van der Waals surface area (Å²) in [4.78, 5) is 6.42. The number of pyridine rings is 1. The van der Waals surface area contributed by atoms with E-state index < -0.39 is 6.10 Å². The number of hydrogen-bond acceptors (Lipinski definition) is 4. The minimum atomic E-state index is -0.476. The minimum absolute atomic E-state index is 0.232. The van der Waals surface area contributed by atoms with Crippen molar-refractivity contribution in [2.24, 2.45) is 0 Å². The first-order valence-corrected chi connectivity index (χ1v) is 6.27. The van der Waals surface area contributed by atoms with E-state index in [1.165, 1.54) is 0 Å². The molecule has 0 saturated carbocycles. The highest BCUT2D eigenvalue weighted by Gasteiger charge is 2.18. The number of aromatic nitrogens is 1. The zero-order valence-electron chi connectivity index (χ0n) is 10.2. The van der Waals surface area contributed by atoms with Gasteiger partial charge in [0.2, 0.25) is 0 Å². The molecule has 1 aliphatic rings. The molecule has 0 aromatic carbocycles. The van der Waals surface area contributed by atoms with Gasteiger partial charge in [-0.1, -0.05) is 6.92 Å². The molecule has 1 saturated heterocycles. The van der Waals surface area contributed by atoms with Gasteiger partial charge in [-0.15, -0.1) is 0 Å². The molecule has 1 fully saturated rings. The van der Waals surface area contributed by atoms with Crippen molar-refractivity contribution in [1.29, 1.82) is 0 Å². The zero-order chi connectivity index (χ0) is 12.3. The van der Waals surface area contributed by atoms with Crippen LogP contribution >= 0.6 is 0 Å². The van der Waals surface area contributed by atoms with E-state index in [2.05, 4.69) is 9.88 Å². The summed E-state index contributed by atoms with van der Waals surface area (Å²) >= 11 is 0. The first-order valence-electron chi connectivity index (χ1n) is 6.27. The molecule has 2 N–H and O–H groups in total. The molecular weight excluding hydrogens is 216 g/mol. The number of rotatable bonds is 3. The number of piperidine rings is 1. The van der Waals surface area contributed by atoms with Gasteiger partial charge >= 0.3 is 0 Å². The lowest BCUT2D eigenvalue weighted by molar-refractivity contribution is 0.154. The van der Waals surface area contributed by atoms with Crippen molar-refractivity contribution < 1.29 is 10.2 Å². The number of aliphatic hydroxyl groups is 2. The Morgan fingerprint density at radius 3 is 2.94 bits per heavy atom. The molecule has 0 spiro atoms. The van der Waals surface area contributed by atoms with E-state index in [0.717, 1.165) is 25.1 Å². The first-order chi connectivity index (χ1) is 8.20. The molecule has 94 valence electrons. The molecule has 1 aromatic heterocycles. The fourth-order valence-electron chi connectivity index (χ4n) is 2.18. The first kappa shape index (κ1) is 12.3. The summed E-state index contributed by atoms with van der Waals surface area (Å²) in [6.45, 7) is 3.58. The molecular formula is C13H20N2O2. The Kier molecular flexibility index (Phi) is 3.97. The molecule has 4 nitrogen and oxygen atoms in total. The lowest BCUT2D eigenvalue weighted by Crippen LogP contribution is -2.38. The van der Waals surface area contributed by atoms with Crippen LogP contribution in [0.4, 0.5) is 5.69 Å². The molecule has 0 aliphatic carbocycles. The van der Waals surface area contributed by atoms with Crippen molar-refractivity contribution in [2.45, 2.75) is 38.4 Å². The van der Waals surface area contributed by atoms with Crippen LogP contribution in [0, 0.1) is 0 Å². The van der Waals surface area contributed by atoms with Gasteiger partial charge in [-0.2, -0.15) is 0 Å². The van der Waals surface area contributed by atoms with Crippen molar-refractivity contribution >= 4 is 5.69 Å². The van der Waals surface area contributed by atoms with Crippen LogP contribution in [0.5, 0.6) is 0 Å². The van der Waals surface area contributed by atoms with E-state index in [1.54, 1.807) is 6.20 Å². The SMILES string of the molecule is CCC(O)c1ccc(N2CCCC(O)C2)cn1. The van der Waals surface area contributed by atoms with Crippen LogP contribution in [-0.4, -0.2) is 34.4 Å². The predicted molar refractivity (Wildman–Crippen MR) is 66.9 cm³/mol. The second-order valence-electron chi connectivity index (χ2n) is 4.61. The maximum Gasteiger partial charge on any atom is 0.0957 e. The minimum Gasteiger partial charge on any atom is -0.391 e. The van der Waals surface area contributed by atoms with Gasteiger partial charge in [-0.25, -0.2) is 0 Å². The van der Waals surface area contributed by atoms with Crippen molar-refractivity contribution in [3.05, 3.63) is 24.0 Å². The molecule has 4 heteroatoms. The Morgan fingerprint density at radius 1 is 1.53 bits per heavy atom. The van der Waals surface area contributed by atoms with Gasteiger partial charge < -0.3 is 15.1 Å². The topological polar surface area (TPSA) is 56.6 Å². The summed E-state index contributed by atoms with van der Waals surface area (Å²) < 4.78 is 0. The van der Waals surface area contributed by atoms with Gasteiger partial charge in [0.05, 0.1) is 29.8 Å². The Morgan fingerprint density at radius 2 is 2.35 bits per heavy atom. The third-order valence-corrected chi connectivity index (χ3v) is 3.26. The van der Waals surface area contributed by atoms with Crippen LogP contribution in [0.3, 0.4) is 0 Å². The predicted octanol–water partition coefficient (Wildman–Crippen LogP) is 1.49. The molecule has 0 amide bonds. The van der Waals surface area contributed by atoms with Gasteiger partial charge in [0.1, 0.15) is 0 Å². The average Bonchev–Trinajstić information content (AvgIpc) is 2.38. The van der Waals surface area contributed by atoms with Crippen LogP contribution in [0.25, 0.3) is 0 Å². The van der Waals surface area contributed by atoms with Crippen molar-refractivity contribution in [2.75, 3.05) is 18.0 Å². The highest BCUT2D eigenvalue weighted by Crippen LogP contribution is 2.21. The van der Waals surface area contributed by atoms with Crippen LogP contribution < -0.4 is 4.90 Å². The third-order valence-electron chi connectivity index (χ3n) is 3.26. The van der Waals surface area contributed by atoms with Gasteiger partial charge in [-0.05, 0) is 31.4 Å². The summed E-state index contributed by atoms with van der Waals surface area (Å²) in [7, 11) is 0. The van der Waals surface area contributed by atoms with Gasteiger partial charge in [0.15, 0.2) is 0 Å². The van der Waals surface area contributed by atoms with E-state index in [-0.39, 0.29) is 6.10 Å². The number of β-amino-alcohol motifs (C(OH)–C–C–N with tert-alkyl or cyclic N) is 1. The normalized spacial score (nSPS) is 22.5. The molecule has 0 bridgehead atoms. The smallest absolute Gasteiger partial charge is 0.0957 e. The van der Waals surface area contributed by atoms with E-state index in [4.69, 9.17) is 0 Å². The highest BCUT2D eigenvalue weighted by atomic mass is 16.3. The number of aliphatic hydroxyl groups excluding tert-OH is 2. The maximum atomic E-state index is 9.66. The molecule has 17 heavy (non-hydrogen) atoms. The molecule has 2 unspecified atom stereocenters. The van der Waals surface area contributed by atoms with Crippen LogP contribution in [-0.2, 0) is 0 Å². The molecule has 2 atom stereocenters. The summed E-state index contributed by atoms with van der Waals surface area (Å²) in [5.41, 5.74) is 1.74. The summed E-state index contributed by atoms with van der Waals surface area (Å²) in [6, 6.07) is 3.84. The van der Waals surface area contributed by atoms with E-state index in [1.807, 2.05) is 19.1 Å². The average molecular weight is 236 g/mol. The lowest BCUT2D eigenvalue weighted by Gasteiger charge is -2.31. The molecule has 0 radical (unpaired) electrons. The van der Waals surface area contributed by atoms with Crippen LogP contribution in [0.2, 0.25) is 0 Å². The van der Waals surface area contributed by atoms with E-state index in [0.29, 0.717) is 18.7 Å². The Balaban J connectivity index is 2.06. The largest absolute Gasteiger partial charge is 0.391 e. The molecule has 1 aromatic rings. The highest BCUT2D eigenvalue weighted by molar-refractivity contribution is 5.45. The molecule has 2 heterocycles. The van der Waals surface area contributed by atoms with Gasteiger partial charge in [-0.3, -0.25) is 4.98 Å².